The Labute approximate surface area is 175 Å². The molecule has 0 aromatic rings. The van der Waals surface area contributed by atoms with Gasteiger partial charge in [-0.05, 0) is 32.5 Å². The highest BCUT2D eigenvalue weighted by Gasteiger charge is 2.46. The van der Waals surface area contributed by atoms with E-state index in [2.05, 4.69) is 24.4 Å². The van der Waals surface area contributed by atoms with Gasteiger partial charge in [-0.1, -0.05) is 19.3 Å². The van der Waals surface area contributed by atoms with Crippen LogP contribution < -0.4 is 0 Å². The van der Waals surface area contributed by atoms with E-state index < -0.39 is 8.32 Å². The maximum atomic E-state index is 11.6. The quantitative estimate of drug-likeness (QED) is 0.201. The van der Waals surface area contributed by atoms with Gasteiger partial charge >= 0.3 is 17.9 Å². The first-order chi connectivity index (χ1) is 13.5. The molecule has 1 rings (SSSR count). The SMILES string of the molecule is COC(=O)CCCCCCC1C(OC(C)=O)CC(OC(C)=O)C1CO[Si](C)(C)C. The van der Waals surface area contributed by atoms with Gasteiger partial charge in [-0.3, -0.25) is 14.4 Å². The number of methoxy groups -OCH3 is 1. The fourth-order valence-corrected chi connectivity index (χ4v) is 4.60. The molecular weight excluding hydrogens is 392 g/mol. The minimum atomic E-state index is -1.73. The molecule has 0 radical (unpaired) electrons. The first-order valence-electron chi connectivity index (χ1n) is 10.6. The molecule has 0 aliphatic heterocycles. The van der Waals surface area contributed by atoms with Gasteiger partial charge in [-0.25, -0.2) is 0 Å². The Morgan fingerprint density at radius 3 is 1.93 bits per heavy atom. The fraction of sp³-hybridized carbons (Fsp3) is 0.857. The van der Waals surface area contributed by atoms with Crippen LogP contribution in [0.1, 0.15) is 58.8 Å². The third kappa shape index (κ3) is 10.3. The highest BCUT2D eigenvalue weighted by atomic mass is 28.4. The highest BCUT2D eigenvalue weighted by molar-refractivity contribution is 6.69. The van der Waals surface area contributed by atoms with Gasteiger partial charge < -0.3 is 18.6 Å². The van der Waals surface area contributed by atoms with E-state index in [1.54, 1.807) is 0 Å². The average molecular weight is 431 g/mol. The molecule has 7 nitrogen and oxygen atoms in total. The smallest absolute Gasteiger partial charge is 0.305 e. The number of ether oxygens (including phenoxy) is 3. The van der Waals surface area contributed by atoms with Crippen LogP contribution in [0.15, 0.2) is 0 Å². The second-order valence-corrected chi connectivity index (χ2v) is 13.3. The van der Waals surface area contributed by atoms with Crippen LogP contribution in [0.25, 0.3) is 0 Å². The summed E-state index contributed by atoms with van der Waals surface area (Å²) in [6.45, 7) is 9.72. The van der Waals surface area contributed by atoms with Gasteiger partial charge in [0.15, 0.2) is 8.32 Å². The Hall–Kier alpha value is -1.41. The molecule has 1 aliphatic carbocycles. The molecule has 1 aliphatic rings. The fourth-order valence-electron chi connectivity index (χ4n) is 3.91. The van der Waals surface area contributed by atoms with Crippen LogP contribution in [0.5, 0.6) is 0 Å². The van der Waals surface area contributed by atoms with Crippen LogP contribution >= 0.6 is 0 Å². The number of esters is 3. The van der Waals surface area contributed by atoms with Gasteiger partial charge in [0.1, 0.15) is 12.2 Å². The summed E-state index contributed by atoms with van der Waals surface area (Å²) in [5, 5.41) is 0. The summed E-state index contributed by atoms with van der Waals surface area (Å²) in [7, 11) is -0.331. The van der Waals surface area contributed by atoms with Gasteiger partial charge in [0, 0.05) is 45.1 Å². The van der Waals surface area contributed by atoms with Crippen molar-refractivity contribution >= 4 is 26.2 Å². The van der Waals surface area contributed by atoms with E-state index in [-0.39, 0.29) is 42.0 Å². The van der Waals surface area contributed by atoms with Crippen molar-refractivity contribution in [1.29, 1.82) is 0 Å². The monoisotopic (exact) mass is 430 g/mol. The summed E-state index contributed by atoms with van der Waals surface area (Å²) in [6.07, 6.45) is 4.98. The summed E-state index contributed by atoms with van der Waals surface area (Å²) in [5.41, 5.74) is 0. The number of unbranched alkanes of at least 4 members (excludes halogenated alkanes) is 3. The van der Waals surface area contributed by atoms with Crippen molar-refractivity contribution in [3.63, 3.8) is 0 Å². The summed E-state index contributed by atoms with van der Waals surface area (Å²) in [5.74, 6) is -0.696. The van der Waals surface area contributed by atoms with E-state index in [0.717, 1.165) is 32.1 Å². The summed E-state index contributed by atoms with van der Waals surface area (Å²) in [4.78, 5) is 34.4. The standard InChI is InChI=1S/C21H38O7Si/c1-15(22)27-19-13-20(28-16(2)23)18(14-26-29(4,5)6)17(19)11-9-7-8-10-12-21(24)25-3/h17-20H,7-14H2,1-6H3. The minimum Gasteiger partial charge on any atom is -0.469 e. The lowest BCUT2D eigenvalue weighted by Crippen LogP contribution is -2.35. The Morgan fingerprint density at radius 1 is 0.862 bits per heavy atom. The van der Waals surface area contributed by atoms with Crippen molar-refractivity contribution in [2.24, 2.45) is 11.8 Å². The first kappa shape index (κ1) is 25.6. The lowest BCUT2D eigenvalue weighted by molar-refractivity contribution is -0.149. The van der Waals surface area contributed by atoms with Crippen molar-refractivity contribution < 1.29 is 33.0 Å². The molecule has 0 heterocycles. The van der Waals surface area contributed by atoms with E-state index in [1.807, 2.05) is 0 Å². The normalized spacial score (nSPS) is 24.2. The summed E-state index contributed by atoms with van der Waals surface area (Å²) >= 11 is 0. The molecular formula is C21H38O7Si. The molecule has 1 saturated carbocycles. The molecule has 168 valence electrons. The number of rotatable bonds is 12. The van der Waals surface area contributed by atoms with Gasteiger partial charge in [-0.15, -0.1) is 0 Å². The first-order valence-corrected chi connectivity index (χ1v) is 14.0. The molecule has 29 heavy (non-hydrogen) atoms. The Bertz CT molecular complexity index is 544. The van der Waals surface area contributed by atoms with Crippen molar-refractivity contribution in [2.45, 2.75) is 90.6 Å². The van der Waals surface area contributed by atoms with E-state index in [4.69, 9.17) is 13.9 Å². The maximum absolute atomic E-state index is 11.6. The molecule has 0 aromatic carbocycles. The van der Waals surface area contributed by atoms with E-state index in [9.17, 15) is 14.4 Å². The van der Waals surface area contributed by atoms with Gasteiger partial charge in [0.2, 0.25) is 0 Å². The van der Waals surface area contributed by atoms with Crippen molar-refractivity contribution in [2.75, 3.05) is 13.7 Å². The van der Waals surface area contributed by atoms with Crippen LogP contribution in [0.3, 0.4) is 0 Å². The summed E-state index contributed by atoms with van der Waals surface area (Å²) in [6, 6.07) is 0. The van der Waals surface area contributed by atoms with Crippen molar-refractivity contribution in [3.05, 3.63) is 0 Å². The molecule has 0 saturated heterocycles. The zero-order chi connectivity index (χ0) is 22.0. The lowest BCUT2D eigenvalue weighted by atomic mass is 9.89. The van der Waals surface area contributed by atoms with Gasteiger partial charge in [0.05, 0.1) is 7.11 Å². The van der Waals surface area contributed by atoms with Crippen LogP contribution in [-0.2, 0) is 33.0 Å². The average Bonchev–Trinajstić information content (AvgIpc) is 2.89. The molecule has 8 heteroatoms. The van der Waals surface area contributed by atoms with Crippen LogP contribution in [0.4, 0.5) is 0 Å². The predicted molar refractivity (Wildman–Crippen MR) is 112 cm³/mol. The molecule has 0 bridgehead atoms. The maximum Gasteiger partial charge on any atom is 0.305 e. The zero-order valence-corrected chi connectivity index (χ0v) is 19.8. The van der Waals surface area contributed by atoms with Crippen molar-refractivity contribution in [3.8, 4) is 0 Å². The Balaban J connectivity index is 2.72. The molecule has 0 aromatic heterocycles. The molecule has 4 atom stereocenters. The number of hydrogen-bond acceptors (Lipinski definition) is 7. The molecule has 0 amide bonds. The highest BCUT2D eigenvalue weighted by Crippen LogP contribution is 2.40. The molecule has 1 fully saturated rings. The lowest BCUT2D eigenvalue weighted by Gasteiger charge is -2.29. The summed E-state index contributed by atoms with van der Waals surface area (Å²) < 4.78 is 22.0. The number of hydrogen-bond donors (Lipinski definition) is 0. The minimum absolute atomic E-state index is 0.0186. The van der Waals surface area contributed by atoms with Gasteiger partial charge in [0.25, 0.3) is 0 Å². The predicted octanol–water partition coefficient (Wildman–Crippen LogP) is 3.85. The Morgan fingerprint density at radius 2 is 1.41 bits per heavy atom. The van der Waals surface area contributed by atoms with Crippen LogP contribution in [0, 0.1) is 11.8 Å². The van der Waals surface area contributed by atoms with E-state index >= 15 is 0 Å². The van der Waals surface area contributed by atoms with Gasteiger partial charge in [-0.2, -0.15) is 0 Å². The molecule has 4 unspecified atom stereocenters. The molecule has 0 N–H and O–H groups in total. The van der Waals surface area contributed by atoms with Crippen LogP contribution in [0.2, 0.25) is 19.6 Å². The van der Waals surface area contributed by atoms with Crippen LogP contribution in [-0.4, -0.2) is 52.1 Å². The van der Waals surface area contributed by atoms with Crippen molar-refractivity contribution in [1.82, 2.24) is 0 Å². The third-order valence-corrected chi connectivity index (χ3v) is 6.24. The largest absolute Gasteiger partial charge is 0.469 e. The number of carbonyl (C=O) groups excluding carboxylic acids is 3. The molecule has 0 spiro atoms. The number of carbonyl (C=O) groups is 3. The second-order valence-electron chi connectivity index (χ2n) is 8.81. The third-order valence-electron chi connectivity index (χ3n) is 5.21. The Kier molecular flexibility index (Phi) is 10.9. The zero-order valence-electron chi connectivity index (χ0n) is 18.8. The van der Waals surface area contributed by atoms with E-state index in [1.165, 1.54) is 21.0 Å². The van der Waals surface area contributed by atoms with E-state index in [0.29, 0.717) is 19.4 Å². The topological polar surface area (TPSA) is 88.1 Å². The second kappa shape index (κ2) is 12.3.